The van der Waals surface area contributed by atoms with Gasteiger partial charge < -0.3 is 20.1 Å². The van der Waals surface area contributed by atoms with Gasteiger partial charge in [0.1, 0.15) is 5.00 Å². The lowest BCUT2D eigenvalue weighted by atomic mass is 9.93. The van der Waals surface area contributed by atoms with Gasteiger partial charge in [-0.25, -0.2) is 4.79 Å². The molecule has 0 bridgehead atoms. The van der Waals surface area contributed by atoms with Crippen molar-refractivity contribution in [2.75, 3.05) is 12.4 Å². The fourth-order valence-corrected chi connectivity index (χ4v) is 4.00. The van der Waals surface area contributed by atoms with Crippen molar-refractivity contribution in [2.45, 2.75) is 39.0 Å². The summed E-state index contributed by atoms with van der Waals surface area (Å²) in [5.41, 5.74) is 1.46. The van der Waals surface area contributed by atoms with Crippen LogP contribution in [0.3, 0.4) is 0 Å². The smallest absolute Gasteiger partial charge is 0.341 e. The first-order valence-electron chi connectivity index (χ1n) is 8.65. The number of nitrogens with one attached hydrogen (secondary N) is 2. The highest BCUT2D eigenvalue weighted by Gasteiger charge is 2.34. The number of fused-ring (bicyclic) bond motifs is 1. The Balaban J connectivity index is 1.76. The van der Waals surface area contributed by atoms with E-state index in [1.807, 2.05) is 13.8 Å². The molecule has 0 unspecified atom stereocenters. The van der Waals surface area contributed by atoms with Crippen LogP contribution in [0.1, 0.15) is 40.2 Å². The molecule has 28 heavy (non-hydrogen) atoms. The van der Waals surface area contributed by atoms with Crippen molar-refractivity contribution in [3.05, 3.63) is 46.1 Å². The Hall–Kier alpha value is -2.78. The molecule has 0 atom stereocenters. The van der Waals surface area contributed by atoms with Crippen molar-refractivity contribution in [2.24, 2.45) is 0 Å². The van der Waals surface area contributed by atoms with E-state index in [4.69, 9.17) is 9.47 Å². The van der Waals surface area contributed by atoms with Gasteiger partial charge in [-0.3, -0.25) is 14.6 Å². The van der Waals surface area contributed by atoms with Crippen LogP contribution < -0.4 is 10.6 Å². The van der Waals surface area contributed by atoms with E-state index >= 15 is 0 Å². The predicted molar refractivity (Wildman–Crippen MR) is 103 cm³/mol. The fraction of sp³-hybridized carbons (Fsp3) is 0.368. The van der Waals surface area contributed by atoms with Crippen molar-refractivity contribution in [1.29, 1.82) is 0 Å². The van der Waals surface area contributed by atoms with Gasteiger partial charge in [0.25, 0.3) is 0 Å². The maximum absolute atomic E-state index is 12.3. The average Bonchev–Trinajstić information content (AvgIpc) is 3.02. The van der Waals surface area contributed by atoms with Crippen LogP contribution in [0.4, 0.5) is 5.00 Å². The third-order valence-corrected chi connectivity index (χ3v) is 5.43. The van der Waals surface area contributed by atoms with Crippen LogP contribution in [0.25, 0.3) is 0 Å². The van der Waals surface area contributed by atoms with Gasteiger partial charge in [-0.1, -0.05) is 0 Å². The van der Waals surface area contributed by atoms with E-state index in [1.165, 1.54) is 18.4 Å². The number of anilines is 1. The van der Waals surface area contributed by atoms with Gasteiger partial charge in [-0.2, -0.15) is 0 Å². The van der Waals surface area contributed by atoms with Crippen molar-refractivity contribution in [3.63, 3.8) is 0 Å². The second-order valence-corrected chi connectivity index (χ2v) is 8.02. The highest BCUT2D eigenvalue weighted by Crippen LogP contribution is 2.40. The molecule has 0 aliphatic carbocycles. The quantitative estimate of drug-likeness (QED) is 0.598. The molecule has 2 aromatic heterocycles. The molecule has 148 valence electrons. The number of nitrogens with zero attached hydrogens (tertiary/aromatic N) is 1. The highest BCUT2D eigenvalue weighted by atomic mass is 32.1. The number of carbonyl (C=O) groups is 3. The van der Waals surface area contributed by atoms with Crippen LogP contribution in [0.5, 0.6) is 0 Å². The summed E-state index contributed by atoms with van der Waals surface area (Å²) in [6.45, 7) is 4.39. The fourth-order valence-electron chi connectivity index (χ4n) is 2.88. The van der Waals surface area contributed by atoms with Crippen LogP contribution >= 0.6 is 11.3 Å². The lowest BCUT2D eigenvalue weighted by Gasteiger charge is -2.30. The molecule has 9 heteroatoms. The van der Waals surface area contributed by atoms with Gasteiger partial charge in [0.2, 0.25) is 0 Å². The normalized spacial score (nSPS) is 14.7. The van der Waals surface area contributed by atoms with Gasteiger partial charge in [-0.05, 0) is 37.1 Å². The first-order valence-corrected chi connectivity index (χ1v) is 9.47. The Morgan fingerprint density at radius 1 is 1.25 bits per heavy atom. The van der Waals surface area contributed by atoms with Crippen LogP contribution in [-0.4, -0.2) is 35.5 Å². The number of hydrogen-bond acceptors (Lipinski definition) is 7. The molecule has 0 radical (unpaired) electrons. The molecular weight excluding hydrogens is 382 g/mol. The number of aromatic nitrogens is 1. The van der Waals surface area contributed by atoms with Gasteiger partial charge in [-0.15, -0.1) is 11.3 Å². The van der Waals surface area contributed by atoms with Crippen molar-refractivity contribution in [1.82, 2.24) is 10.3 Å². The predicted octanol–water partition coefficient (Wildman–Crippen LogP) is 2.04. The van der Waals surface area contributed by atoms with Gasteiger partial charge in [0.15, 0.2) is 0 Å². The molecule has 0 fully saturated rings. The summed E-state index contributed by atoms with van der Waals surface area (Å²) in [4.78, 5) is 41.5. The number of amides is 2. The number of pyridine rings is 1. The molecule has 3 heterocycles. The van der Waals surface area contributed by atoms with E-state index in [2.05, 4.69) is 15.6 Å². The lowest BCUT2D eigenvalue weighted by Crippen LogP contribution is -2.35. The summed E-state index contributed by atoms with van der Waals surface area (Å²) in [6, 6.07) is 3.48. The Labute approximate surface area is 166 Å². The van der Waals surface area contributed by atoms with Gasteiger partial charge >= 0.3 is 17.8 Å². The molecule has 2 aromatic rings. The van der Waals surface area contributed by atoms with Crippen molar-refractivity contribution >= 4 is 34.1 Å². The third kappa shape index (κ3) is 4.37. The minimum Gasteiger partial charge on any atom is -0.465 e. The van der Waals surface area contributed by atoms with E-state index in [0.29, 0.717) is 18.0 Å². The molecule has 2 N–H and O–H groups in total. The zero-order valence-corrected chi connectivity index (χ0v) is 16.6. The van der Waals surface area contributed by atoms with Crippen LogP contribution in [0.2, 0.25) is 0 Å². The summed E-state index contributed by atoms with van der Waals surface area (Å²) in [6.07, 6.45) is 3.71. The molecular formula is C19H21N3O5S. The van der Waals surface area contributed by atoms with E-state index < -0.39 is 23.4 Å². The molecule has 0 saturated heterocycles. The molecule has 1 aliphatic heterocycles. The van der Waals surface area contributed by atoms with E-state index in [-0.39, 0.29) is 12.1 Å². The van der Waals surface area contributed by atoms with Gasteiger partial charge in [0, 0.05) is 30.2 Å². The summed E-state index contributed by atoms with van der Waals surface area (Å²) >= 11 is 1.22. The maximum Gasteiger partial charge on any atom is 0.341 e. The number of rotatable bonds is 4. The Bertz CT molecular complexity index is 908. The largest absolute Gasteiger partial charge is 0.465 e. The van der Waals surface area contributed by atoms with E-state index in [1.54, 1.807) is 24.5 Å². The number of methoxy groups -OCH3 is 1. The van der Waals surface area contributed by atoms with E-state index in [9.17, 15) is 14.4 Å². The number of ether oxygens (including phenoxy) is 2. The highest BCUT2D eigenvalue weighted by molar-refractivity contribution is 7.17. The Kier molecular flexibility index (Phi) is 5.76. The lowest BCUT2D eigenvalue weighted by molar-refractivity contribution is -0.136. The minimum atomic E-state index is -0.849. The standard InChI is InChI=1S/C19H21N3O5S/c1-19(2)8-12-13(10-27-19)28-17(14(12)18(25)26-3)22-16(24)15(23)21-9-11-4-6-20-7-5-11/h4-7H,8-10H2,1-3H3,(H,21,23)(H,22,24). The van der Waals surface area contributed by atoms with Crippen LogP contribution in [-0.2, 0) is 38.6 Å². The Morgan fingerprint density at radius 2 is 1.96 bits per heavy atom. The third-order valence-electron chi connectivity index (χ3n) is 4.31. The van der Waals surface area contributed by atoms with Crippen molar-refractivity contribution < 1.29 is 23.9 Å². The summed E-state index contributed by atoms with van der Waals surface area (Å²) in [5, 5.41) is 5.38. The SMILES string of the molecule is COC(=O)c1c(NC(=O)C(=O)NCc2ccncc2)sc2c1CC(C)(C)OC2. The number of esters is 1. The Morgan fingerprint density at radius 3 is 2.64 bits per heavy atom. The first kappa shape index (κ1) is 20.0. The monoisotopic (exact) mass is 403 g/mol. The topological polar surface area (TPSA) is 107 Å². The number of thiophene rings is 1. The zero-order chi connectivity index (χ0) is 20.3. The summed E-state index contributed by atoms with van der Waals surface area (Å²) in [7, 11) is 1.28. The molecule has 8 nitrogen and oxygen atoms in total. The first-order chi connectivity index (χ1) is 13.3. The molecule has 1 aliphatic rings. The zero-order valence-electron chi connectivity index (χ0n) is 15.8. The molecule has 2 amide bonds. The molecule has 0 saturated carbocycles. The molecule has 0 spiro atoms. The average molecular weight is 403 g/mol. The molecule has 0 aromatic carbocycles. The van der Waals surface area contributed by atoms with Gasteiger partial charge in [0.05, 0.1) is 24.9 Å². The second kappa shape index (κ2) is 8.07. The number of carbonyl (C=O) groups excluding carboxylic acids is 3. The second-order valence-electron chi connectivity index (χ2n) is 6.92. The molecule has 3 rings (SSSR count). The summed E-state index contributed by atoms with van der Waals surface area (Å²) in [5.74, 6) is -2.20. The van der Waals surface area contributed by atoms with Crippen LogP contribution in [0, 0.1) is 0 Å². The maximum atomic E-state index is 12.3. The van der Waals surface area contributed by atoms with Crippen molar-refractivity contribution in [3.8, 4) is 0 Å². The van der Waals surface area contributed by atoms with E-state index in [0.717, 1.165) is 16.0 Å². The number of hydrogen-bond donors (Lipinski definition) is 2. The summed E-state index contributed by atoms with van der Waals surface area (Å²) < 4.78 is 10.7. The van der Waals surface area contributed by atoms with Crippen LogP contribution in [0.15, 0.2) is 24.5 Å². The minimum absolute atomic E-state index is 0.196.